The number of nitrogens with zero attached hydrogens (tertiary/aromatic N) is 2. The van der Waals surface area contributed by atoms with Crippen molar-refractivity contribution in [3.05, 3.63) is 65.7 Å². The van der Waals surface area contributed by atoms with Crippen LogP contribution in [0.15, 0.2) is 54.6 Å². The van der Waals surface area contributed by atoms with Crippen molar-refractivity contribution in [2.75, 3.05) is 18.6 Å². The second kappa shape index (κ2) is 8.13. The fraction of sp³-hybridized carbons (Fsp3) is 0.481. The van der Waals surface area contributed by atoms with Crippen LogP contribution < -0.4 is 4.90 Å². The van der Waals surface area contributed by atoms with Gasteiger partial charge in [-0.15, -0.1) is 0 Å². The lowest BCUT2D eigenvalue weighted by atomic mass is 9.64. The third-order valence-electron chi connectivity index (χ3n) is 7.13. The van der Waals surface area contributed by atoms with Crippen molar-refractivity contribution in [1.82, 2.24) is 4.90 Å². The number of carbonyl (C=O) groups is 2. The molecule has 1 N–H and O–H groups in total. The molecule has 3 heterocycles. The van der Waals surface area contributed by atoms with Gasteiger partial charge in [-0.1, -0.05) is 48.5 Å². The van der Waals surface area contributed by atoms with E-state index in [-0.39, 0.29) is 13.2 Å². The quantitative estimate of drug-likeness (QED) is 0.640. The number of anilines is 1. The second-order valence-electron chi connectivity index (χ2n) is 10.2. The molecule has 0 spiro atoms. The number of ether oxygens (including phenoxy) is 3. The molecule has 2 amide bonds. The molecule has 2 fully saturated rings. The Morgan fingerprint density at radius 2 is 1.71 bits per heavy atom. The van der Waals surface area contributed by atoms with Gasteiger partial charge in [0.05, 0.1) is 18.4 Å². The van der Waals surface area contributed by atoms with E-state index in [9.17, 15) is 14.7 Å². The number of aliphatic hydroxyl groups is 1. The van der Waals surface area contributed by atoms with Gasteiger partial charge in [-0.2, -0.15) is 0 Å². The van der Waals surface area contributed by atoms with Crippen LogP contribution in [-0.2, 0) is 35.9 Å². The van der Waals surface area contributed by atoms with Crippen LogP contribution in [0.3, 0.4) is 0 Å². The van der Waals surface area contributed by atoms with E-state index in [1.165, 1.54) is 4.90 Å². The van der Waals surface area contributed by atoms with Gasteiger partial charge in [0.1, 0.15) is 12.1 Å². The second-order valence-corrected chi connectivity index (χ2v) is 10.2. The topological polar surface area (TPSA) is 88.5 Å². The van der Waals surface area contributed by atoms with Crippen LogP contribution in [0.5, 0.6) is 0 Å². The third-order valence-corrected chi connectivity index (χ3v) is 7.13. The van der Waals surface area contributed by atoms with Gasteiger partial charge in [0, 0.05) is 19.2 Å². The van der Waals surface area contributed by atoms with Gasteiger partial charge in [-0.3, -0.25) is 9.59 Å². The van der Waals surface area contributed by atoms with Crippen molar-refractivity contribution < 1.29 is 28.9 Å². The molecule has 8 heteroatoms. The molecule has 0 bridgehead atoms. The average molecular weight is 481 g/mol. The van der Waals surface area contributed by atoms with Gasteiger partial charge in [-0.25, -0.2) is 0 Å². The summed E-state index contributed by atoms with van der Waals surface area (Å²) < 4.78 is 18.3. The van der Waals surface area contributed by atoms with Crippen molar-refractivity contribution in [2.24, 2.45) is 0 Å². The van der Waals surface area contributed by atoms with Gasteiger partial charge < -0.3 is 29.1 Å². The first-order valence-corrected chi connectivity index (χ1v) is 12.0. The molecule has 8 nitrogen and oxygen atoms in total. The maximum absolute atomic E-state index is 14.0. The third kappa shape index (κ3) is 3.35. The van der Waals surface area contributed by atoms with Crippen LogP contribution in [0, 0.1) is 0 Å². The highest BCUT2D eigenvalue weighted by Gasteiger charge is 2.79. The summed E-state index contributed by atoms with van der Waals surface area (Å²) >= 11 is 0. The molecule has 2 aromatic rings. The number of rotatable bonds is 6. The minimum atomic E-state index is -2.20. The van der Waals surface area contributed by atoms with E-state index in [1.807, 2.05) is 36.4 Å². The Hall–Kier alpha value is -2.78. The highest BCUT2D eigenvalue weighted by Crippen LogP contribution is 2.56. The Morgan fingerprint density at radius 3 is 2.34 bits per heavy atom. The predicted molar refractivity (Wildman–Crippen MR) is 128 cm³/mol. The molecule has 3 aliphatic heterocycles. The average Bonchev–Trinajstić information content (AvgIpc) is 3.29. The predicted octanol–water partition coefficient (Wildman–Crippen LogP) is 2.58. The summed E-state index contributed by atoms with van der Waals surface area (Å²) in [5, 5.41) is 12.5. The number of carbonyl (C=O) groups excluding carboxylic acids is 2. The normalized spacial score (nSPS) is 31.7. The van der Waals surface area contributed by atoms with Crippen molar-refractivity contribution in [3.8, 4) is 0 Å². The number of benzene rings is 2. The van der Waals surface area contributed by atoms with Crippen LogP contribution in [0.4, 0.5) is 5.69 Å². The molecule has 0 aliphatic carbocycles. The van der Waals surface area contributed by atoms with Crippen LogP contribution in [0.25, 0.3) is 0 Å². The molecule has 0 aromatic heterocycles. The highest BCUT2D eigenvalue weighted by atomic mass is 16.7. The van der Waals surface area contributed by atoms with E-state index in [2.05, 4.69) is 0 Å². The lowest BCUT2D eigenvalue weighted by Gasteiger charge is -2.60. The van der Waals surface area contributed by atoms with Crippen LogP contribution in [0.1, 0.15) is 38.8 Å². The summed E-state index contributed by atoms with van der Waals surface area (Å²) in [6.07, 6.45) is -1.11. The van der Waals surface area contributed by atoms with Gasteiger partial charge in [0.15, 0.2) is 5.79 Å². The molecule has 2 saturated heterocycles. The lowest BCUT2D eigenvalue weighted by molar-refractivity contribution is -0.273. The number of para-hydroxylation sites is 1. The Kier molecular flexibility index (Phi) is 5.56. The van der Waals surface area contributed by atoms with Crippen molar-refractivity contribution in [3.63, 3.8) is 0 Å². The molecule has 0 unspecified atom stereocenters. The van der Waals surface area contributed by atoms with Crippen molar-refractivity contribution >= 4 is 17.5 Å². The number of likely N-dealkylation sites (N-methyl/N-ethyl adjacent to an activating group) is 1. The Morgan fingerprint density at radius 1 is 1.06 bits per heavy atom. The standard InChI is InChI=1S/C27H32N2O6/c1-17(2)34-27(19-13-9-10-14-20(19)28(5)24(27)31)26(32)22(21-16-33-25(3,4)35-21)29(23(26)30)15-18-11-7-6-8-12-18/h6-14,17,21-22,32H,15-16H2,1-5H3/t21-,22+,26-,27-/m1/s1. The van der Waals surface area contributed by atoms with E-state index < -0.39 is 47.1 Å². The molecule has 35 heavy (non-hydrogen) atoms. The van der Waals surface area contributed by atoms with Gasteiger partial charge in [0.25, 0.3) is 11.8 Å². The zero-order chi connectivity index (χ0) is 25.2. The lowest BCUT2D eigenvalue weighted by Crippen LogP contribution is -2.85. The van der Waals surface area contributed by atoms with Crippen LogP contribution in [-0.4, -0.2) is 65.1 Å². The molecular weight excluding hydrogens is 448 g/mol. The largest absolute Gasteiger partial charge is 0.375 e. The Bertz CT molecular complexity index is 1150. The maximum Gasteiger partial charge on any atom is 0.267 e. The fourth-order valence-electron chi connectivity index (χ4n) is 5.73. The molecule has 2 aromatic carbocycles. The monoisotopic (exact) mass is 480 g/mol. The summed E-state index contributed by atoms with van der Waals surface area (Å²) in [6.45, 7) is 7.59. The molecule has 0 saturated carbocycles. The summed E-state index contributed by atoms with van der Waals surface area (Å²) in [6, 6.07) is 15.8. The highest BCUT2D eigenvalue weighted by molar-refractivity contribution is 6.13. The SMILES string of the molecule is CC(C)O[C@@]1([C@]2(O)C(=O)N(Cc3ccccc3)[C@H]2[C@H]2COC(C)(C)O2)C(=O)N(C)c2ccccc21. The number of fused-ring (bicyclic) bond motifs is 1. The Balaban J connectivity index is 1.66. The Labute approximate surface area is 205 Å². The summed E-state index contributed by atoms with van der Waals surface area (Å²) in [7, 11) is 1.63. The van der Waals surface area contributed by atoms with Gasteiger partial charge in [-0.05, 0) is 39.3 Å². The number of likely N-dealkylation sites (tertiary alicyclic amines) is 1. The van der Waals surface area contributed by atoms with Gasteiger partial charge in [0.2, 0.25) is 11.2 Å². The fourth-order valence-corrected chi connectivity index (χ4v) is 5.73. The molecular formula is C27H32N2O6. The van der Waals surface area contributed by atoms with Crippen LogP contribution >= 0.6 is 0 Å². The molecule has 0 radical (unpaired) electrons. The van der Waals surface area contributed by atoms with E-state index >= 15 is 0 Å². The summed E-state index contributed by atoms with van der Waals surface area (Å²) in [5.74, 6) is -1.94. The zero-order valence-corrected chi connectivity index (χ0v) is 20.7. The van der Waals surface area contributed by atoms with Crippen molar-refractivity contribution in [1.29, 1.82) is 0 Å². The minimum Gasteiger partial charge on any atom is -0.375 e. The summed E-state index contributed by atoms with van der Waals surface area (Å²) in [4.78, 5) is 31.0. The number of hydrogen-bond acceptors (Lipinski definition) is 6. The van der Waals surface area contributed by atoms with Crippen LogP contribution in [0.2, 0.25) is 0 Å². The molecule has 5 rings (SSSR count). The first kappa shape index (κ1) is 23.9. The smallest absolute Gasteiger partial charge is 0.267 e. The zero-order valence-electron chi connectivity index (χ0n) is 20.7. The van der Waals surface area contributed by atoms with E-state index in [1.54, 1.807) is 57.8 Å². The molecule has 3 aliphatic rings. The summed E-state index contributed by atoms with van der Waals surface area (Å²) in [5.41, 5.74) is -2.14. The molecule has 186 valence electrons. The van der Waals surface area contributed by atoms with Gasteiger partial charge >= 0.3 is 0 Å². The number of β-lactam (4-membered cyclic amide) rings is 1. The van der Waals surface area contributed by atoms with E-state index in [0.29, 0.717) is 11.3 Å². The number of amides is 2. The van der Waals surface area contributed by atoms with E-state index in [4.69, 9.17) is 14.2 Å². The van der Waals surface area contributed by atoms with Crippen molar-refractivity contribution in [2.45, 2.75) is 69.5 Å². The first-order valence-electron chi connectivity index (χ1n) is 12.0. The molecule has 4 atom stereocenters. The first-order chi connectivity index (χ1) is 16.5. The minimum absolute atomic E-state index is 0.169. The number of hydrogen-bond donors (Lipinski definition) is 1. The van der Waals surface area contributed by atoms with E-state index in [0.717, 1.165) is 5.56 Å². The maximum atomic E-state index is 14.0.